The van der Waals surface area contributed by atoms with Crippen LogP contribution in [0.2, 0.25) is 0 Å². The van der Waals surface area contributed by atoms with Crippen LogP contribution in [-0.4, -0.2) is 11.2 Å². The summed E-state index contributed by atoms with van der Waals surface area (Å²) in [5.41, 5.74) is 0.539. The summed E-state index contributed by atoms with van der Waals surface area (Å²) in [4.78, 5) is 0. The molecule has 0 saturated heterocycles. The molecule has 74 valence electrons. The molecule has 1 aromatic rings. The third-order valence-electron chi connectivity index (χ3n) is 2.04. The number of hydrogen-bond acceptors (Lipinski definition) is 1. The molecule has 0 aliphatic heterocycles. The Bertz CT molecular complexity index is 327. The molecule has 1 N–H and O–H groups in total. The van der Waals surface area contributed by atoms with Crippen LogP contribution < -0.4 is 0 Å². The van der Waals surface area contributed by atoms with E-state index in [1.54, 1.807) is 18.2 Å². The molecule has 1 rings (SSSR count). The number of aliphatic hydroxyl groups excluding tert-OH is 1. The first kappa shape index (κ1) is 10.7. The van der Waals surface area contributed by atoms with Crippen molar-refractivity contribution < 1.29 is 9.50 Å². The summed E-state index contributed by atoms with van der Waals surface area (Å²) in [5.74, 6) is 2.17. The van der Waals surface area contributed by atoms with Crippen molar-refractivity contribution in [2.45, 2.75) is 25.4 Å². The molecule has 0 bridgehead atoms. The summed E-state index contributed by atoms with van der Waals surface area (Å²) in [5, 5.41) is 9.50. The van der Waals surface area contributed by atoms with Gasteiger partial charge < -0.3 is 5.11 Å². The van der Waals surface area contributed by atoms with Gasteiger partial charge in [0, 0.05) is 12.8 Å². The number of terminal acetylenes is 1. The van der Waals surface area contributed by atoms with Crippen molar-refractivity contribution in [1.82, 2.24) is 0 Å². The molecule has 0 amide bonds. The standard InChI is InChI=1S/C12H13FO/c1-2-3-7-11(14)9-10-6-4-5-8-12(10)13/h1,4-6,8,11,14H,3,7,9H2. The maximum Gasteiger partial charge on any atom is 0.126 e. The van der Waals surface area contributed by atoms with Gasteiger partial charge in [-0.25, -0.2) is 4.39 Å². The molecule has 1 nitrogen and oxygen atoms in total. The highest BCUT2D eigenvalue weighted by Gasteiger charge is 2.07. The monoisotopic (exact) mass is 192 g/mol. The second-order valence-corrected chi connectivity index (χ2v) is 3.19. The molecular weight excluding hydrogens is 179 g/mol. The van der Waals surface area contributed by atoms with Crippen LogP contribution in [0.5, 0.6) is 0 Å². The molecule has 0 radical (unpaired) electrons. The number of benzene rings is 1. The van der Waals surface area contributed by atoms with Crippen molar-refractivity contribution in [3.05, 3.63) is 35.6 Å². The number of hydrogen-bond donors (Lipinski definition) is 1. The maximum absolute atomic E-state index is 13.1. The van der Waals surface area contributed by atoms with Gasteiger partial charge in [-0.3, -0.25) is 0 Å². The van der Waals surface area contributed by atoms with Gasteiger partial charge in [-0.2, -0.15) is 0 Å². The molecule has 2 heteroatoms. The summed E-state index contributed by atoms with van der Waals surface area (Å²) in [6.07, 6.45) is 5.88. The fourth-order valence-corrected chi connectivity index (χ4v) is 1.27. The van der Waals surface area contributed by atoms with Crippen molar-refractivity contribution in [1.29, 1.82) is 0 Å². The van der Waals surface area contributed by atoms with E-state index in [0.717, 1.165) is 0 Å². The lowest BCUT2D eigenvalue weighted by Gasteiger charge is -2.09. The number of aliphatic hydroxyl groups is 1. The van der Waals surface area contributed by atoms with E-state index in [1.807, 2.05) is 0 Å². The first-order valence-electron chi connectivity index (χ1n) is 4.59. The van der Waals surface area contributed by atoms with Crippen LogP contribution in [-0.2, 0) is 6.42 Å². The van der Waals surface area contributed by atoms with Crippen molar-refractivity contribution in [3.63, 3.8) is 0 Å². The third kappa shape index (κ3) is 3.20. The molecule has 0 aliphatic rings. The lowest BCUT2D eigenvalue weighted by Crippen LogP contribution is -2.10. The fraction of sp³-hybridized carbons (Fsp3) is 0.333. The Hall–Kier alpha value is -1.33. The molecule has 0 fully saturated rings. The van der Waals surface area contributed by atoms with Crippen LogP contribution in [0.4, 0.5) is 4.39 Å². The molecule has 0 spiro atoms. The Labute approximate surface area is 83.6 Å². The maximum atomic E-state index is 13.1. The third-order valence-corrected chi connectivity index (χ3v) is 2.04. The lowest BCUT2D eigenvalue weighted by molar-refractivity contribution is 0.165. The van der Waals surface area contributed by atoms with Crippen LogP contribution >= 0.6 is 0 Å². The first-order chi connectivity index (χ1) is 6.74. The van der Waals surface area contributed by atoms with Crippen molar-refractivity contribution in [2.75, 3.05) is 0 Å². The van der Waals surface area contributed by atoms with E-state index in [1.165, 1.54) is 6.07 Å². The van der Waals surface area contributed by atoms with E-state index < -0.39 is 6.10 Å². The van der Waals surface area contributed by atoms with Crippen LogP contribution in [0.1, 0.15) is 18.4 Å². The van der Waals surface area contributed by atoms with Gasteiger partial charge >= 0.3 is 0 Å². The van der Waals surface area contributed by atoms with Gasteiger partial charge in [-0.05, 0) is 18.1 Å². The van der Waals surface area contributed by atoms with Gasteiger partial charge in [-0.1, -0.05) is 18.2 Å². The highest BCUT2D eigenvalue weighted by atomic mass is 19.1. The predicted octanol–water partition coefficient (Wildman–Crippen LogP) is 2.14. The zero-order valence-corrected chi connectivity index (χ0v) is 7.91. The van der Waals surface area contributed by atoms with Gasteiger partial charge in [-0.15, -0.1) is 12.3 Å². The van der Waals surface area contributed by atoms with Crippen LogP contribution in [0.3, 0.4) is 0 Å². The minimum Gasteiger partial charge on any atom is -0.393 e. The molecular formula is C12H13FO. The average molecular weight is 192 g/mol. The van der Waals surface area contributed by atoms with Crippen molar-refractivity contribution in [2.24, 2.45) is 0 Å². The minimum atomic E-state index is -0.553. The average Bonchev–Trinajstić information content (AvgIpc) is 2.18. The quantitative estimate of drug-likeness (QED) is 0.725. The highest BCUT2D eigenvalue weighted by molar-refractivity contribution is 5.18. The summed E-state index contributed by atoms with van der Waals surface area (Å²) in [6, 6.07) is 6.45. The van der Waals surface area contributed by atoms with Gasteiger partial charge in [0.15, 0.2) is 0 Å². The van der Waals surface area contributed by atoms with E-state index in [-0.39, 0.29) is 5.82 Å². The SMILES string of the molecule is C#CCCC(O)Cc1ccccc1F. The number of rotatable bonds is 4. The molecule has 0 saturated carbocycles. The molecule has 0 aromatic heterocycles. The summed E-state index contributed by atoms with van der Waals surface area (Å²) >= 11 is 0. The summed E-state index contributed by atoms with van der Waals surface area (Å²) < 4.78 is 13.1. The largest absolute Gasteiger partial charge is 0.393 e. The van der Waals surface area contributed by atoms with E-state index in [4.69, 9.17) is 6.42 Å². The normalized spacial score (nSPS) is 12.1. The molecule has 1 unspecified atom stereocenters. The van der Waals surface area contributed by atoms with Gasteiger partial charge in [0.1, 0.15) is 5.82 Å². The highest BCUT2D eigenvalue weighted by Crippen LogP contribution is 2.11. The Balaban J connectivity index is 2.52. The minimum absolute atomic E-state index is 0.271. The van der Waals surface area contributed by atoms with Crippen LogP contribution in [0.15, 0.2) is 24.3 Å². The van der Waals surface area contributed by atoms with E-state index in [2.05, 4.69) is 5.92 Å². The topological polar surface area (TPSA) is 20.2 Å². The second kappa shape index (κ2) is 5.41. The molecule has 1 atom stereocenters. The van der Waals surface area contributed by atoms with Crippen LogP contribution in [0, 0.1) is 18.2 Å². The van der Waals surface area contributed by atoms with Crippen molar-refractivity contribution in [3.8, 4) is 12.3 Å². The zero-order valence-electron chi connectivity index (χ0n) is 7.91. The van der Waals surface area contributed by atoms with Gasteiger partial charge in [0.2, 0.25) is 0 Å². The van der Waals surface area contributed by atoms with E-state index >= 15 is 0 Å². The zero-order chi connectivity index (χ0) is 10.4. The predicted molar refractivity (Wildman–Crippen MR) is 54.2 cm³/mol. The summed E-state index contributed by atoms with van der Waals surface area (Å²) in [6.45, 7) is 0. The Morgan fingerprint density at radius 2 is 2.14 bits per heavy atom. The van der Waals surface area contributed by atoms with Gasteiger partial charge in [0.25, 0.3) is 0 Å². The molecule has 0 heterocycles. The molecule has 1 aromatic carbocycles. The Morgan fingerprint density at radius 3 is 2.79 bits per heavy atom. The number of halogens is 1. The molecule has 14 heavy (non-hydrogen) atoms. The lowest BCUT2D eigenvalue weighted by atomic mass is 10.0. The first-order valence-corrected chi connectivity index (χ1v) is 4.59. The van der Waals surface area contributed by atoms with Crippen LogP contribution in [0.25, 0.3) is 0 Å². The van der Waals surface area contributed by atoms with Crippen molar-refractivity contribution >= 4 is 0 Å². The van der Waals surface area contributed by atoms with E-state index in [9.17, 15) is 9.50 Å². The summed E-state index contributed by atoms with van der Waals surface area (Å²) in [7, 11) is 0. The Kier molecular flexibility index (Phi) is 4.15. The molecule has 0 aliphatic carbocycles. The Morgan fingerprint density at radius 1 is 1.43 bits per heavy atom. The second-order valence-electron chi connectivity index (χ2n) is 3.19. The van der Waals surface area contributed by atoms with Gasteiger partial charge in [0.05, 0.1) is 6.10 Å². The fourth-order valence-electron chi connectivity index (χ4n) is 1.27. The smallest absolute Gasteiger partial charge is 0.126 e. The van der Waals surface area contributed by atoms with E-state index in [0.29, 0.717) is 24.8 Å².